The van der Waals surface area contributed by atoms with Crippen LogP contribution in [-0.4, -0.2) is 48.7 Å². The average Bonchev–Trinajstić information content (AvgIpc) is 3.53. The number of aliphatic hydroxyl groups excluding tert-OH is 1. The summed E-state index contributed by atoms with van der Waals surface area (Å²) >= 11 is 0. The molecule has 0 bridgehead atoms. The summed E-state index contributed by atoms with van der Waals surface area (Å²) in [6.45, 7) is -0.0841. The van der Waals surface area contributed by atoms with Crippen molar-refractivity contribution in [2.24, 2.45) is 7.05 Å². The van der Waals surface area contributed by atoms with Gasteiger partial charge in [0.1, 0.15) is 28.7 Å². The molecule has 0 saturated heterocycles. The summed E-state index contributed by atoms with van der Waals surface area (Å²) < 4.78 is 61.0. The van der Waals surface area contributed by atoms with Gasteiger partial charge >= 0.3 is 6.18 Å². The second-order valence-electron chi connectivity index (χ2n) is 8.57. The third-order valence-electron chi connectivity index (χ3n) is 5.82. The van der Waals surface area contributed by atoms with Gasteiger partial charge in [-0.25, -0.2) is 14.4 Å². The van der Waals surface area contributed by atoms with Crippen molar-refractivity contribution in [3.05, 3.63) is 78.0 Å². The second kappa shape index (κ2) is 10.6. The zero-order valence-corrected chi connectivity index (χ0v) is 20.8. The van der Waals surface area contributed by atoms with Gasteiger partial charge in [0.15, 0.2) is 5.82 Å². The number of pyridine rings is 1. The highest BCUT2D eigenvalue weighted by Crippen LogP contribution is 2.34. The van der Waals surface area contributed by atoms with Crippen LogP contribution in [0, 0.1) is 5.82 Å². The molecule has 5 aromatic rings. The molecule has 40 heavy (non-hydrogen) atoms. The van der Waals surface area contributed by atoms with E-state index in [4.69, 9.17) is 9.84 Å². The van der Waals surface area contributed by atoms with E-state index in [-0.39, 0.29) is 30.5 Å². The van der Waals surface area contributed by atoms with Gasteiger partial charge in [0.05, 0.1) is 35.1 Å². The lowest BCUT2D eigenvalue weighted by molar-refractivity contribution is -0.137. The number of ether oxygens (including phenoxy) is 1. The number of nitrogens with one attached hydrogen (secondary N) is 3. The monoisotopic (exact) mass is 555 g/mol. The van der Waals surface area contributed by atoms with E-state index in [1.54, 1.807) is 41.9 Å². The van der Waals surface area contributed by atoms with E-state index >= 15 is 0 Å². The van der Waals surface area contributed by atoms with Gasteiger partial charge in [-0.05, 0) is 36.4 Å². The zero-order chi connectivity index (χ0) is 28.4. The molecule has 0 radical (unpaired) electrons. The van der Waals surface area contributed by atoms with Crippen LogP contribution in [0.1, 0.15) is 16.1 Å². The van der Waals surface area contributed by atoms with E-state index in [0.717, 1.165) is 6.07 Å². The lowest BCUT2D eigenvalue weighted by atomic mass is 10.2. The van der Waals surface area contributed by atoms with Crippen molar-refractivity contribution in [3.8, 4) is 23.0 Å². The Hall–Kier alpha value is -4.98. The minimum absolute atomic E-state index is 0.106. The van der Waals surface area contributed by atoms with Gasteiger partial charge in [0.25, 0.3) is 5.91 Å². The average molecular weight is 555 g/mol. The van der Waals surface area contributed by atoms with Gasteiger partial charge in [-0.2, -0.15) is 13.2 Å². The minimum Gasteiger partial charge on any atom is -0.457 e. The van der Waals surface area contributed by atoms with Gasteiger partial charge in [0.2, 0.25) is 5.95 Å². The van der Waals surface area contributed by atoms with E-state index in [0.29, 0.717) is 46.2 Å². The maximum Gasteiger partial charge on any atom is 0.416 e. The van der Waals surface area contributed by atoms with Crippen molar-refractivity contribution in [1.29, 1.82) is 0 Å². The van der Waals surface area contributed by atoms with Gasteiger partial charge in [-0.1, -0.05) is 0 Å². The lowest BCUT2D eigenvalue weighted by Crippen LogP contribution is -2.26. The summed E-state index contributed by atoms with van der Waals surface area (Å²) in [6, 6.07) is 10.3. The number of aryl methyl sites for hydroxylation is 1. The van der Waals surface area contributed by atoms with Crippen LogP contribution in [0.5, 0.6) is 11.5 Å². The number of anilines is 2. The first-order chi connectivity index (χ1) is 19.1. The highest BCUT2D eigenvalue weighted by Gasteiger charge is 2.31. The molecule has 0 fully saturated rings. The van der Waals surface area contributed by atoms with Gasteiger partial charge in [-0.3, -0.25) is 9.78 Å². The number of aliphatic hydroxyl groups is 1. The van der Waals surface area contributed by atoms with Crippen LogP contribution in [0.15, 0.2) is 60.9 Å². The fraction of sp³-hybridized carbons (Fsp3) is 0.154. The Morgan fingerprint density at radius 3 is 2.67 bits per heavy atom. The van der Waals surface area contributed by atoms with Crippen molar-refractivity contribution < 1.29 is 32.2 Å². The molecule has 0 aliphatic carbocycles. The smallest absolute Gasteiger partial charge is 0.416 e. The van der Waals surface area contributed by atoms with Crippen LogP contribution < -0.4 is 15.4 Å². The number of aromatic nitrogens is 5. The number of benzene rings is 2. The Morgan fingerprint density at radius 1 is 1.10 bits per heavy atom. The number of aromatic amines is 1. The first-order valence-electron chi connectivity index (χ1n) is 11.8. The van der Waals surface area contributed by atoms with E-state index < -0.39 is 23.5 Å². The molecule has 0 aliphatic rings. The Morgan fingerprint density at radius 2 is 1.90 bits per heavy atom. The number of carbonyl (C=O) groups excluding carboxylic acids is 1. The molecule has 4 N–H and O–H groups in total. The summed E-state index contributed by atoms with van der Waals surface area (Å²) in [5.41, 5.74) is 0.340. The minimum atomic E-state index is -4.62. The molecular weight excluding hydrogens is 534 g/mol. The van der Waals surface area contributed by atoms with Crippen LogP contribution in [0.4, 0.5) is 29.2 Å². The van der Waals surface area contributed by atoms with Crippen molar-refractivity contribution >= 4 is 28.6 Å². The third-order valence-corrected chi connectivity index (χ3v) is 5.82. The molecule has 14 heteroatoms. The number of H-pyrrole nitrogens is 1. The number of halogens is 4. The molecule has 0 spiro atoms. The lowest BCUT2D eigenvalue weighted by Gasteiger charge is -2.11. The number of hydrogen-bond donors (Lipinski definition) is 4. The number of amides is 1. The van der Waals surface area contributed by atoms with Crippen molar-refractivity contribution in [3.63, 3.8) is 0 Å². The fourth-order valence-electron chi connectivity index (χ4n) is 3.84. The number of alkyl halides is 3. The van der Waals surface area contributed by atoms with Crippen LogP contribution in [0.3, 0.4) is 0 Å². The van der Waals surface area contributed by atoms with Gasteiger partial charge in [0, 0.05) is 31.9 Å². The molecule has 0 aliphatic heterocycles. The number of carbonyl (C=O) groups is 1. The van der Waals surface area contributed by atoms with E-state index in [2.05, 4.69) is 30.6 Å². The summed E-state index contributed by atoms with van der Waals surface area (Å²) in [6.07, 6.45) is -1.77. The first kappa shape index (κ1) is 26.6. The summed E-state index contributed by atoms with van der Waals surface area (Å²) in [5, 5.41) is 14.0. The number of nitrogens with zero attached hydrogens (tertiary/aromatic N) is 4. The highest BCUT2D eigenvalue weighted by molar-refractivity contribution is 5.92. The number of imidazole rings is 2. The van der Waals surface area contributed by atoms with Gasteiger partial charge in [-0.15, -0.1) is 0 Å². The Kier molecular flexibility index (Phi) is 7.09. The van der Waals surface area contributed by atoms with Crippen molar-refractivity contribution in [2.75, 3.05) is 18.5 Å². The summed E-state index contributed by atoms with van der Waals surface area (Å²) in [7, 11) is 1.64. The molecule has 206 valence electrons. The predicted molar refractivity (Wildman–Crippen MR) is 137 cm³/mol. The maximum atomic E-state index is 14.3. The molecule has 5 rings (SSSR count). The maximum absolute atomic E-state index is 14.3. The molecule has 3 heterocycles. The summed E-state index contributed by atoms with van der Waals surface area (Å²) in [5.74, 6) is 0.00140. The third kappa shape index (κ3) is 5.56. The van der Waals surface area contributed by atoms with E-state index in [1.165, 1.54) is 12.4 Å². The molecule has 0 saturated carbocycles. The highest BCUT2D eigenvalue weighted by atomic mass is 19.4. The van der Waals surface area contributed by atoms with Crippen LogP contribution in [0.2, 0.25) is 0 Å². The number of rotatable bonds is 8. The Bertz CT molecular complexity index is 1700. The van der Waals surface area contributed by atoms with Crippen molar-refractivity contribution in [2.45, 2.75) is 6.18 Å². The normalized spacial score (nSPS) is 11.6. The molecule has 1 amide bonds. The molecular formula is C26H21F4N7O3. The van der Waals surface area contributed by atoms with E-state index in [9.17, 15) is 22.4 Å². The van der Waals surface area contributed by atoms with Gasteiger partial charge < -0.3 is 30.0 Å². The number of hydrogen-bond acceptors (Lipinski definition) is 7. The number of fused-ring (bicyclic) bond motifs is 1. The first-order valence-corrected chi connectivity index (χ1v) is 11.8. The van der Waals surface area contributed by atoms with Crippen LogP contribution in [0.25, 0.3) is 22.6 Å². The topological polar surface area (TPSA) is 130 Å². The largest absolute Gasteiger partial charge is 0.457 e. The van der Waals surface area contributed by atoms with Crippen LogP contribution in [-0.2, 0) is 13.2 Å². The second-order valence-corrected chi connectivity index (χ2v) is 8.57. The standard InChI is InChI=1S/C26H21F4N7O3/c1-37-22-5-3-15(11-19(22)36-25(37)35-18-10-14(26(28,29)30)2-4-17(18)27)40-16-6-7-31-20(12-16)23-33-13-21(34-23)24(39)32-8-9-38/h2-7,10-13,38H,8-9H2,1H3,(H,32,39)(H,33,34)(H,35,36). The molecule has 10 nitrogen and oxygen atoms in total. The summed E-state index contributed by atoms with van der Waals surface area (Å²) in [4.78, 5) is 27.7. The molecule has 2 aromatic carbocycles. The Labute approximate surface area is 223 Å². The predicted octanol–water partition coefficient (Wildman–Crippen LogP) is 4.77. The molecule has 0 atom stereocenters. The van der Waals surface area contributed by atoms with Crippen molar-refractivity contribution in [1.82, 2.24) is 29.8 Å². The fourth-order valence-corrected chi connectivity index (χ4v) is 3.84. The molecule has 3 aromatic heterocycles. The Balaban J connectivity index is 1.36. The van der Waals surface area contributed by atoms with Crippen LogP contribution >= 0.6 is 0 Å². The quantitative estimate of drug-likeness (QED) is 0.203. The zero-order valence-electron chi connectivity index (χ0n) is 20.8. The molecule has 0 unspecified atom stereocenters. The SMILES string of the molecule is Cn1c(Nc2cc(C(F)(F)F)ccc2F)nc2cc(Oc3ccnc(-c4ncc(C(=O)NCCO)[nH]4)c3)ccc21. The van der Waals surface area contributed by atoms with E-state index in [1.807, 2.05) is 0 Å².